The van der Waals surface area contributed by atoms with Crippen LogP contribution in [0.5, 0.6) is 11.5 Å². The van der Waals surface area contributed by atoms with E-state index in [1.807, 2.05) is 12.1 Å². The molecule has 0 aliphatic carbocycles. The fourth-order valence-electron chi connectivity index (χ4n) is 2.78. The molecule has 6 nitrogen and oxygen atoms in total. The van der Waals surface area contributed by atoms with Gasteiger partial charge in [-0.2, -0.15) is 0 Å². The van der Waals surface area contributed by atoms with Crippen LogP contribution in [0.15, 0.2) is 60.7 Å². The van der Waals surface area contributed by atoms with Crippen LogP contribution in [0.3, 0.4) is 0 Å². The monoisotopic (exact) mass is 458 g/mol. The van der Waals surface area contributed by atoms with Gasteiger partial charge >= 0.3 is 0 Å². The Hall–Kier alpha value is -3.22. The third-order valence-corrected chi connectivity index (χ3v) is 4.76. The summed E-state index contributed by atoms with van der Waals surface area (Å²) in [6, 6.07) is 17.0. The van der Waals surface area contributed by atoms with Gasteiger partial charge in [-0.15, -0.1) is 0 Å². The van der Waals surface area contributed by atoms with E-state index in [9.17, 15) is 9.59 Å². The zero-order valence-corrected chi connectivity index (χ0v) is 18.4. The minimum atomic E-state index is -0.392. The van der Waals surface area contributed by atoms with Gasteiger partial charge in [0.2, 0.25) is 5.91 Å². The summed E-state index contributed by atoms with van der Waals surface area (Å²) >= 11 is 11.9. The van der Waals surface area contributed by atoms with Gasteiger partial charge in [0.1, 0.15) is 6.61 Å². The first-order valence-electron chi connectivity index (χ1n) is 9.29. The minimum Gasteiger partial charge on any atom is -0.493 e. The number of anilines is 2. The lowest BCUT2D eigenvalue weighted by Gasteiger charge is -2.14. The van der Waals surface area contributed by atoms with Crippen LogP contribution in [0.25, 0.3) is 0 Å². The van der Waals surface area contributed by atoms with Crippen LogP contribution < -0.4 is 20.1 Å². The van der Waals surface area contributed by atoms with Gasteiger partial charge in [-0.25, -0.2) is 0 Å². The Morgan fingerprint density at radius 3 is 2.23 bits per heavy atom. The molecule has 0 aliphatic rings. The molecule has 0 aromatic heterocycles. The summed E-state index contributed by atoms with van der Waals surface area (Å²) in [6.07, 6.45) is 0. The molecule has 2 N–H and O–H groups in total. The molecule has 0 heterocycles. The Kier molecular flexibility index (Phi) is 7.39. The van der Waals surface area contributed by atoms with E-state index in [-0.39, 0.29) is 5.91 Å². The molecule has 2 amide bonds. The quantitative estimate of drug-likeness (QED) is 0.469. The van der Waals surface area contributed by atoms with Crippen LogP contribution in [-0.4, -0.2) is 18.9 Å². The number of rotatable bonds is 7. The standard InChI is InChI=1S/C23H20Cl2N2O4/c1-14(28)26-19-9-8-18(25)12-20(19)27-23(29)16-5-10-21(22(11-16)30-2)31-13-15-3-6-17(24)7-4-15/h3-12H,13H2,1-2H3,(H,26,28)(H,27,29). The highest BCUT2D eigenvalue weighted by Gasteiger charge is 2.14. The van der Waals surface area contributed by atoms with Crippen LogP contribution >= 0.6 is 23.2 Å². The number of methoxy groups -OCH3 is 1. The van der Waals surface area contributed by atoms with E-state index in [4.69, 9.17) is 32.7 Å². The first kappa shape index (κ1) is 22.5. The van der Waals surface area contributed by atoms with Crippen molar-refractivity contribution < 1.29 is 19.1 Å². The zero-order valence-electron chi connectivity index (χ0n) is 16.9. The summed E-state index contributed by atoms with van der Waals surface area (Å²) in [5.41, 5.74) is 2.12. The second-order valence-corrected chi connectivity index (χ2v) is 7.48. The van der Waals surface area contributed by atoms with Gasteiger partial charge in [0.05, 0.1) is 18.5 Å². The number of ether oxygens (including phenoxy) is 2. The van der Waals surface area contributed by atoms with Crippen molar-refractivity contribution in [3.05, 3.63) is 81.8 Å². The van der Waals surface area contributed by atoms with Crippen molar-refractivity contribution in [1.82, 2.24) is 0 Å². The van der Waals surface area contributed by atoms with E-state index >= 15 is 0 Å². The molecule has 0 radical (unpaired) electrons. The highest BCUT2D eigenvalue weighted by Crippen LogP contribution is 2.31. The van der Waals surface area contributed by atoms with Crippen molar-refractivity contribution in [2.45, 2.75) is 13.5 Å². The summed E-state index contributed by atoms with van der Waals surface area (Å²) in [4.78, 5) is 24.2. The number of hydrogen-bond acceptors (Lipinski definition) is 4. The Labute approximate surface area is 190 Å². The molecule has 31 heavy (non-hydrogen) atoms. The number of halogens is 2. The lowest BCUT2D eigenvalue weighted by atomic mass is 10.1. The molecule has 0 fully saturated rings. The summed E-state index contributed by atoms with van der Waals surface area (Å²) in [6.45, 7) is 1.70. The second-order valence-electron chi connectivity index (χ2n) is 6.61. The molecule has 0 saturated carbocycles. The van der Waals surface area contributed by atoms with E-state index in [2.05, 4.69) is 10.6 Å². The molecule has 3 aromatic carbocycles. The van der Waals surface area contributed by atoms with Crippen molar-refractivity contribution >= 4 is 46.4 Å². The molecule has 8 heteroatoms. The number of hydrogen-bond donors (Lipinski definition) is 2. The minimum absolute atomic E-state index is 0.262. The molecule has 0 bridgehead atoms. The maximum absolute atomic E-state index is 12.8. The number of carbonyl (C=O) groups is 2. The predicted octanol–water partition coefficient (Wildman–Crippen LogP) is 5.79. The Balaban J connectivity index is 1.76. The molecule has 3 aromatic rings. The summed E-state index contributed by atoms with van der Waals surface area (Å²) in [5.74, 6) is 0.253. The van der Waals surface area contributed by atoms with Gasteiger partial charge in [-0.1, -0.05) is 35.3 Å². The molecular weight excluding hydrogens is 439 g/mol. The fraction of sp³-hybridized carbons (Fsp3) is 0.130. The van der Waals surface area contributed by atoms with Gasteiger partial charge in [-0.05, 0) is 54.1 Å². The molecule has 0 atom stereocenters. The van der Waals surface area contributed by atoms with Crippen molar-refractivity contribution in [3.8, 4) is 11.5 Å². The van der Waals surface area contributed by atoms with E-state index in [1.165, 1.54) is 14.0 Å². The van der Waals surface area contributed by atoms with Crippen molar-refractivity contribution in [3.63, 3.8) is 0 Å². The van der Waals surface area contributed by atoms with E-state index in [0.717, 1.165) is 5.56 Å². The van der Waals surface area contributed by atoms with Crippen molar-refractivity contribution in [1.29, 1.82) is 0 Å². The third kappa shape index (κ3) is 6.13. The summed E-state index contributed by atoms with van der Waals surface area (Å²) in [7, 11) is 1.50. The normalized spacial score (nSPS) is 10.3. The number of carbonyl (C=O) groups excluding carboxylic acids is 2. The van der Waals surface area contributed by atoms with E-state index in [0.29, 0.717) is 45.1 Å². The van der Waals surface area contributed by atoms with Crippen molar-refractivity contribution in [2.75, 3.05) is 17.7 Å². The maximum Gasteiger partial charge on any atom is 0.255 e. The highest BCUT2D eigenvalue weighted by molar-refractivity contribution is 6.31. The van der Waals surface area contributed by atoms with Crippen LogP contribution in [0.1, 0.15) is 22.8 Å². The SMILES string of the molecule is COc1cc(C(=O)Nc2cc(Cl)ccc2NC(C)=O)ccc1OCc1ccc(Cl)cc1. The molecule has 0 unspecified atom stereocenters. The van der Waals surface area contributed by atoms with Crippen LogP contribution in [-0.2, 0) is 11.4 Å². The lowest BCUT2D eigenvalue weighted by molar-refractivity contribution is -0.114. The molecular formula is C23H20Cl2N2O4. The maximum atomic E-state index is 12.8. The highest BCUT2D eigenvalue weighted by atomic mass is 35.5. The number of nitrogens with one attached hydrogen (secondary N) is 2. The van der Waals surface area contributed by atoms with Gasteiger partial charge in [-0.3, -0.25) is 9.59 Å². The average Bonchev–Trinajstić information content (AvgIpc) is 2.75. The largest absolute Gasteiger partial charge is 0.493 e. The van der Waals surface area contributed by atoms with Gasteiger partial charge in [0.15, 0.2) is 11.5 Å². The van der Waals surface area contributed by atoms with E-state index < -0.39 is 5.91 Å². The Bertz CT molecular complexity index is 1100. The molecule has 0 saturated heterocycles. The Morgan fingerprint density at radius 1 is 0.839 bits per heavy atom. The molecule has 0 aliphatic heterocycles. The van der Waals surface area contributed by atoms with Crippen molar-refractivity contribution in [2.24, 2.45) is 0 Å². The average molecular weight is 459 g/mol. The first-order valence-corrected chi connectivity index (χ1v) is 10.0. The fourth-order valence-corrected chi connectivity index (χ4v) is 3.08. The lowest BCUT2D eigenvalue weighted by Crippen LogP contribution is -2.15. The van der Waals surface area contributed by atoms with Gasteiger partial charge in [0.25, 0.3) is 5.91 Å². The van der Waals surface area contributed by atoms with Gasteiger partial charge < -0.3 is 20.1 Å². The van der Waals surface area contributed by atoms with E-state index in [1.54, 1.807) is 48.5 Å². The zero-order chi connectivity index (χ0) is 22.4. The number of amides is 2. The predicted molar refractivity (Wildman–Crippen MR) is 122 cm³/mol. The first-order chi connectivity index (χ1) is 14.9. The Morgan fingerprint density at radius 2 is 1.55 bits per heavy atom. The smallest absolute Gasteiger partial charge is 0.255 e. The summed E-state index contributed by atoms with van der Waals surface area (Å²) < 4.78 is 11.2. The molecule has 0 spiro atoms. The van der Waals surface area contributed by atoms with Gasteiger partial charge in [0, 0.05) is 22.5 Å². The topological polar surface area (TPSA) is 76.7 Å². The molecule has 160 valence electrons. The summed E-state index contributed by atoms with van der Waals surface area (Å²) in [5, 5.41) is 6.49. The van der Waals surface area contributed by atoms with Crippen LogP contribution in [0, 0.1) is 0 Å². The molecule has 3 rings (SSSR count). The van der Waals surface area contributed by atoms with Crippen LogP contribution in [0.4, 0.5) is 11.4 Å². The second kappa shape index (κ2) is 10.2. The van der Waals surface area contributed by atoms with Crippen LogP contribution in [0.2, 0.25) is 10.0 Å². The third-order valence-electron chi connectivity index (χ3n) is 4.27. The number of benzene rings is 3.